The molecule has 0 bridgehead atoms. The molecule has 1 fully saturated rings. The van der Waals surface area contributed by atoms with Crippen molar-refractivity contribution < 1.29 is 24.1 Å². The van der Waals surface area contributed by atoms with Crippen LogP contribution in [0.5, 0.6) is 0 Å². The van der Waals surface area contributed by atoms with E-state index in [2.05, 4.69) is 4.98 Å². The summed E-state index contributed by atoms with van der Waals surface area (Å²) in [6.07, 6.45) is -1.55. The van der Waals surface area contributed by atoms with Gasteiger partial charge in [0.1, 0.15) is 18.3 Å². The smallest absolute Gasteiger partial charge is 0.330 e. The standard InChI is InChI=1S/C16H26N2O7/c1-5-11-12(19)13(24-10(7-22-3)8-23-4)15(25-11)18-6-9(2)14(20)17-16(18)21/h6,10-13,15,19H,5,7-8H2,1-4H3,(H,17,20,21)/t11-,12?,13+,15-/m1/s1. The number of H-pyrrole nitrogens is 1. The molecule has 25 heavy (non-hydrogen) atoms. The molecule has 9 heteroatoms. The molecule has 1 unspecified atom stereocenters. The van der Waals surface area contributed by atoms with Crippen molar-refractivity contribution in [3.8, 4) is 0 Å². The van der Waals surface area contributed by atoms with Crippen molar-refractivity contribution >= 4 is 0 Å². The van der Waals surface area contributed by atoms with Crippen molar-refractivity contribution in [1.29, 1.82) is 0 Å². The molecule has 2 N–H and O–H groups in total. The van der Waals surface area contributed by atoms with Gasteiger partial charge in [0.15, 0.2) is 6.23 Å². The summed E-state index contributed by atoms with van der Waals surface area (Å²) in [6.45, 7) is 3.99. The van der Waals surface area contributed by atoms with Crippen LogP contribution < -0.4 is 11.2 Å². The predicted octanol–water partition coefficient (Wildman–Crippen LogP) is -0.440. The van der Waals surface area contributed by atoms with Crippen LogP contribution in [0.2, 0.25) is 0 Å². The number of nitrogens with zero attached hydrogens (tertiary/aromatic N) is 1. The lowest BCUT2D eigenvalue weighted by atomic mass is 10.1. The lowest BCUT2D eigenvalue weighted by Crippen LogP contribution is -2.43. The summed E-state index contributed by atoms with van der Waals surface area (Å²) in [7, 11) is 3.07. The van der Waals surface area contributed by atoms with Crippen LogP contribution in [0, 0.1) is 6.92 Å². The molecule has 0 amide bonds. The number of aryl methyl sites for hydroxylation is 1. The van der Waals surface area contributed by atoms with E-state index in [1.165, 1.54) is 25.0 Å². The van der Waals surface area contributed by atoms with Crippen LogP contribution >= 0.6 is 0 Å². The lowest BCUT2D eigenvalue weighted by Gasteiger charge is -2.27. The second kappa shape index (κ2) is 8.72. The van der Waals surface area contributed by atoms with E-state index in [-0.39, 0.29) is 13.2 Å². The summed E-state index contributed by atoms with van der Waals surface area (Å²) in [4.78, 5) is 26.0. The van der Waals surface area contributed by atoms with E-state index in [1.807, 2.05) is 6.92 Å². The summed E-state index contributed by atoms with van der Waals surface area (Å²) in [5, 5.41) is 10.6. The number of aromatic nitrogens is 2. The first-order chi connectivity index (χ1) is 11.9. The Kier molecular flexibility index (Phi) is 6.91. The second-order valence-corrected chi connectivity index (χ2v) is 6.08. The van der Waals surface area contributed by atoms with Crippen LogP contribution in [-0.4, -0.2) is 66.5 Å². The van der Waals surface area contributed by atoms with E-state index in [0.717, 1.165) is 0 Å². The summed E-state index contributed by atoms with van der Waals surface area (Å²) in [6, 6.07) is 0. The van der Waals surface area contributed by atoms with Gasteiger partial charge in [0.05, 0.1) is 19.3 Å². The van der Waals surface area contributed by atoms with Crippen LogP contribution in [0.3, 0.4) is 0 Å². The van der Waals surface area contributed by atoms with Gasteiger partial charge in [-0.05, 0) is 13.3 Å². The Labute approximate surface area is 145 Å². The van der Waals surface area contributed by atoms with E-state index in [0.29, 0.717) is 12.0 Å². The largest absolute Gasteiger partial charge is 0.388 e. The van der Waals surface area contributed by atoms with Gasteiger partial charge < -0.3 is 24.1 Å². The summed E-state index contributed by atoms with van der Waals surface area (Å²) in [5.74, 6) is 0. The Hall–Kier alpha value is -1.52. The van der Waals surface area contributed by atoms with Crippen LogP contribution in [0.25, 0.3) is 0 Å². The van der Waals surface area contributed by atoms with Crippen molar-refractivity contribution in [2.45, 2.75) is 50.9 Å². The van der Waals surface area contributed by atoms with Crippen molar-refractivity contribution in [3.05, 3.63) is 32.6 Å². The van der Waals surface area contributed by atoms with E-state index in [1.54, 1.807) is 6.92 Å². The van der Waals surface area contributed by atoms with Crippen molar-refractivity contribution in [2.75, 3.05) is 27.4 Å². The molecule has 2 heterocycles. The zero-order chi connectivity index (χ0) is 18.6. The molecule has 1 aromatic heterocycles. The molecule has 2 rings (SSSR count). The minimum Gasteiger partial charge on any atom is -0.388 e. The summed E-state index contributed by atoms with van der Waals surface area (Å²) < 4.78 is 23.3. The number of hydrogen-bond acceptors (Lipinski definition) is 7. The van der Waals surface area contributed by atoms with Crippen molar-refractivity contribution in [1.82, 2.24) is 9.55 Å². The van der Waals surface area contributed by atoms with E-state index < -0.39 is 41.9 Å². The molecule has 1 aromatic rings. The highest BCUT2D eigenvalue weighted by molar-refractivity contribution is 5.03. The number of nitrogens with one attached hydrogen (secondary N) is 1. The minimum atomic E-state index is -0.926. The molecular weight excluding hydrogens is 332 g/mol. The Bertz CT molecular complexity index is 665. The molecule has 1 aliphatic rings. The van der Waals surface area contributed by atoms with Gasteiger partial charge in [-0.3, -0.25) is 14.3 Å². The number of aliphatic hydroxyl groups excluding tert-OH is 1. The highest BCUT2D eigenvalue weighted by atomic mass is 16.6. The van der Waals surface area contributed by atoms with Gasteiger partial charge in [0.2, 0.25) is 0 Å². The van der Waals surface area contributed by atoms with E-state index in [9.17, 15) is 14.7 Å². The normalized spacial score (nSPS) is 26.5. The van der Waals surface area contributed by atoms with Crippen LogP contribution in [-0.2, 0) is 18.9 Å². The number of aromatic amines is 1. The molecule has 1 saturated heterocycles. The van der Waals surface area contributed by atoms with Gasteiger partial charge in [-0.15, -0.1) is 0 Å². The zero-order valence-corrected chi connectivity index (χ0v) is 14.9. The first-order valence-electron chi connectivity index (χ1n) is 8.21. The number of methoxy groups -OCH3 is 2. The molecule has 4 atom stereocenters. The van der Waals surface area contributed by atoms with Crippen molar-refractivity contribution in [2.24, 2.45) is 0 Å². The number of hydrogen-bond donors (Lipinski definition) is 2. The average molecular weight is 358 g/mol. The zero-order valence-electron chi connectivity index (χ0n) is 14.9. The average Bonchev–Trinajstić information content (AvgIpc) is 2.87. The number of ether oxygens (including phenoxy) is 4. The minimum absolute atomic E-state index is 0.264. The first-order valence-corrected chi connectivity index (χ1v) is 8.21. The molecular formula is C16H26N2O7. The molecule has 0 aliphatic carbocycles. The fourth-order valence-electron chi connectivity index (χ4n) is 2.92. The highest BCUT2D eigenvalue weighted by Gasteiger charge is 2.46. The number of aliphatic hydroxyl groups is 1. The lowest BCUT2D eigenvalue weighted by molar-refractivity contribution is -0.132. The first kappa shape index (κ1) is 19.8. The molecule has 0 aromatic carbocycles. The Morgan fingerprint density at radius 2 is 1.96 bits per heavy atom. The summed E-state index contributed by atoms with van der Waals surface area (Å²) in [5.41, 5.74) is -0.712. The van der Waals surface area contributed by atoms with Crippen LogP contribution in [0.1, 0.15) is 25.1 Å². The second-order valence-electron chi connectivity index (χ2n) is 6.08. The van der Waals surface area contributed by atoms with Gasteiger partial charge in [-0.2, -0.15) is 0 Å². The van der Waals surface area contributed by atoms with E-state index in [4.69, 9.17) is 18.9 Å². The number of rotatable bonds is 8. The van der Waals surface area contributed by atoms with Gasteiger partial charge in [0.25, 0.3) is 5.56 Å². The maximum absolute atomic E-state index is 12.2. The molecule has 142 valence electrons. The Balaban J connectivity index is 2.35. The molecule has 9 nitrogen and oxygen atoms in total. The van der Waals surface area contributed by atoms with Gasteiger partial charge in [-0.25, -0.2) is 4.79 Å². The monoisotopic (exact) mass is 358 g/mol. The van der Waals surface area contributed by atoms with E-state index >= 15 is 0 Å². The highest BCUT2D eigenvalue weighted by Crippen LogP contribution is 2.33. The molecule has 0 spiro atoms. The van der Waals surface area contributed by atoms with Gasteiger partial charge >= 0.3 is 5.69 Å². The Morgan fingerprint density at radius 1 is 1.32 bits per heavy atom. The fraction of sp³-hybridized carbons (Fsp3) is 0.750. The predicted molar refractivity (Wildman–Crippen MR) is 88.7 cm³/mol. The van der Waals surface area contributed by atoms with Crippen LogP contribution in [0.4, 0.5) is 0 Å². The SMILES string of the molecule is CC[C@H]1O[C@@H](n2cc(C)c(=O)[nH]c2=O)[C@@H](OC(COC)COC)C1O. The summed E-state index contributed by atoms with van der Waals surface area (Å²) >= 11 is 0. The Morgan fingerprint density at radius 3 is 2.52 bits per heavy atom. The third-order valence-electron chi connectivity index (χ3n) is 4.19. The van der Waals surface area contributed by atoms with Crippen LogP contribution in [0.15, 0.2) is 15.8 Å². The maximum Gasteiger partial charge on any atom is 0.330 e. The third kappa shape index (κ3) is 4.36. The molecule has 0 radical (unpaired) electrons. The van der Waals surface area contributed by atoms with Gasteiger partial charge in [-0.1, -0.05) is 6.92 Å². The quantitative estimate of drug-likeness (QED) is 0.648. The van der Waals surface area contributed by atoms with Crippen molar-refractivity contribution in [3.63, 3.8) is 0 Å². The fourth-order valence-corrected chi connectivity index (χ4v) is 2.92. The van der Waals surface area contributed by atoms with Gasteiger partial charge in [0, 0.05) is 26.0 Å². The maximum atomic E-state index is 12.2. The molecule has 1 aliphatic heterocycles. The third-order valence-corrected chi connectivity index (χ3v) is 4.19. The molecule has 0 saturated carbocycles. The topological polar surface area (TPSA) is 112 Å².